The van der Waals surface area contributed by atoms with E-state index >= 15 is 0 Å². The zero-order chi connectivity index (χ0) is 19.4. The van der Waals surface area contributed by atoms with E-state index in [4.69, 9.17) is 4.74 Å². The summed E-state index contributed by atoms with van der Waals surface area (Å²) in [6, 6.07) is 18.0. The predicted octanol–water partition coefficient (Wildman–Crippen LogP) is 3.97. The number of nitrogens with zero attached hydrogens (tertiary/aromatic N) is 2. The van der Waals surface area contributed by atoms with E-state index in [9.17, 15) is 8.42 Å². The van der Waals surface area contributed by atoms with Crippen molar-refractivity contribution in [3.8, 4) is 5.75 Å². The topological polar surface area (TPSA) is 71.5 Å². The summed E-state index contributed by atoms with van der Waals surface area (Å²) >= 11 is 0. The van der Waals surface area contributed by atoms with E-state index in [-0.39, 0.29) is 10.7 Å². The zero-order valence-electron chi connectivity index (χ0n) is 15.4. The monoisotopic (exact) mass is 383 g/mol. The molecule has 0 atom stereocenters. The van der Waals surface area contributed by atoms with Gasteiger partial charge in [-0.25, -0.2) is 13.4 Å². The van der Waals surface area contributed by atoms with Gasteiger partial charge in [0.25, 0.3) is 10.0 Å². The highest BCUT2D eigenvalue weighted by molar-refractivity contribution is 7.92. The van der Waals surface area contributed by atoms with Crippen molar-refractivity contribution in [3.63, 3.8) is 0 Å². The first-order valence-electron chi connectivity index (χ1n) is 8.33. The number of hydrogen-bond donors (Lipinski definition) is 1. The van der Waals surface area contributed by atoms with Crippen LogP contribution >= 0.6 is 0 Å². The third kappa shape index (κ3) is 4.20. The van der Waals surface area contributed by atoms with Gasteiger partial charge in [-0.1, -0.05) is 18.2 Å². The molecular formula is C20H21N3O3S. The van der Waals surface area contributed by atoms with Gasteiger partial charge >= 0.3 is 0 Å². The van der Waals surface area contributed by atoms with Crippen LogP contribution in [-0.4, -0.2) is 27.6 Å². The molecule has 0 spiro atoms. The molecule has 27 heavy (non-hydrogen) atoms. The van der Waals surface area contributed by atoms with Crippen LogP contribution in [0.25, 0.3) is 0 Å². The maximum absolute atomic E-state index is 12.6. The maximum Gasteiger partial charge on any atom is 0.263 e. The molecule has 6 nitrogen and oxygen atoms in total. The van der Waals surface area contributed by atoms with Crippen molar-refractivity contribution in [2.24, 2.45) is 0 Å². The molecular weight excluding hydrogens is 362 g/mol. The molecule has 1 N–H and O–H groups in total. The Morgan fingerprint density at radius 2 is 1.74 bits per heavy atom. The van der Waals surface area contributed by atoms with Crippen LogP contribution in [0.4, 0.5) is 17.2 Å². The van der Waals surface area contributed by atoms with Gasteiger partial charge in [0.1, 0.15) is 11.6 Å². The number of pyridine rings is 1. The lowest BCUT2D eigenvalue weighted by molar-refractivity contribution is 0.411. The Bertz CT molecular complexity index is 1020. The Balaban J connectivity index is 1.78. The van der Waals surface area contributed by atoms with Crippen molar-refractivity contribution in [3.05, 3.63) is 72.4 Å². The van der Waals surface area contributed by atoms with E-state index in [2.05, 4.69) is 9.71 Å². The SMILES string of the molecule is COc1ccc(S(=O)(=O)Nc2ccc(N(C)c3ccccc3)cn2)cc1C. The van der Waals surface area contributed by atoms with Crippen molar-refractivity contribution < 1.29 is 13.2 Å². The number of aryl methyl sites for hydroxylation is 1. The molecule has 0 saturated carbocycles. The summed E-state index contributed by atoms with van der Waals surface area (Å²) in [6.45, 7) is 1.80. The molecule has 2 aromatic carbocycles. The van der Waals surface area contributed by atoms with Gasteiger partial charge < -0.3 is 9.64 Å². The fourth-order valence-corrected chi connectivity index (χ4v) is 3.75. The number of hydrogen-bond acceptors (Lipinski definition) is 5. The molecule has 0 fully saturated rings. The third-order valence-electron chi connectivity index (χ3n) is 4.19. The lowest BCUT2D eigenvalue weighted by Gasteiger charge is -2.19. The number of benzene rings is 2. The van der Waals surface area contributed by atoms with Crippen LogP contribution in [0.2, 0.25) is 0 Å². The minimum Gasteiger partial charge on any atom is -0.496 e. The normalized spacial score (nSPS) is 11.1. The van der Waals surface area contributed by atoms with Crippen molar-refractivity contribution in [1.82, 2.24) is 4.98 Å². The Morgan fingerprint density at radius 3 is 2.33 bits per heavy atom. The fraction of sp³-hybridized carbons (Fsp3) is 0.150. The fourth-order valence-electron chi connectivity index (χ4n) is 2.66. The smallest absolute Gasteiger partial charge is 0.263 e. The Labute approximate surface area is 159 Å². The Morgan fingerprint density at radius 1 is 1.00 bits per heavy atom. The summed E-state index contributed by atoms with van der Waals surface area (Å²) in [5, 5.41) is 0. The number of sulfonamides is 1. The van der Waals surface area contributed by atoms with Crippen LogP contribution in [0, 0.1) is 6.92 Å². The second kappa shape index (κ2) is 7.67. The molecule has 0 radical (unpaired) electrons. The molecule has 0 saturated heterocycles. The lowest BCUT2D eigenvalue weighted by atomic mass is 10.2. The molecule has 0 aliphatic heterocycles. The average Bonchev–Trinajstić information content (AvgIpc) is 2.68. The molecule has 7 heteroatoms. The second-order valence-corrected chi connectivity index (χ2v) is 7.72. The number of rotatable bonds is 6. The number of ether oxygens (including phenoxy) is 1. The van der Waals surface area contributed by atoms with E-state index < -0.39 is 10.0 Å². The van der Waals surface area contributed by atoms with E-state index in [1.54, 1.807) is 38.4 Å². The summed E-state index contributed by atoms with van der Waals surface area (Å²) in [5.41, 5.74) is 2.61. The zero-order valence-corrected chi connectivity index (χ0v) is 16.2. The van der Waals surface area contributed by atoms with Gasteiger partial charge in [-0.05, 0) is 55.0 Å². The molecule has 0 aliphatic carbocycles. The number of nitrogens with one attached hydrogen (secondary N) is 1. The first kappa shape index (κ1) is 18.7. The lowest BCUT2D eigenvalue weighted by Crippen LogP contribution is -2.15. The summed E-state index contributed by atoms with van der Waals surface area (Å²) in [5.74, 6) is 0.897. The summed E-state index contributed by atoms with van der Waals surface area (Å²) in [4.78, 5) is 6.37. The predicted molar refractivity (Wildman–Crippen MR) is 107 cm³/mol. The summed E-state index contributed by atoms with van der Waals surface area (Å²) in [6.07, 6.45) is 1.63. The van der Waals surface area contributed by atoms with E-state index in [1.807, 2.05) is 48.3 Å². The van der Waals surface area contributed by atoms with Crippen molar-refractivity contribution in [1.29, 1.82) is 0 Å². The molecule has 140 valence electrons. The second-order valence-electron chi connectivity index (χ2n) is 6.03. The van der Waals surface area contributed by atoms with Gasteiger partial charge in [0.15, 0.2) is 0 Å². The van der Waals surface area contributed by atoms with Gasteiger partial charge in [-0.3, -0.25) is 4.72 Å². The molecule has 1 heterocycles. The number of para-hydroxylation sites is 1. The van der Waals surface area contributed by atoms with Crippen molar-refractivity contribution in [2.75, 3.05) is 23.8 Å². The largest absolute Gasteiger partial charge is 0.496 e. The minimum atomic E-state index is -3.73. The molecule has 0 unspecified atom stereocenters. The first-order valence-corrected chi connectivity index (χ1v) is 9.81. The molecule has 0 bridgehead atoms. The van der Waals surface area contributed by atoms with Crippen LogP contribution in [0.1, 0.15) is 5.56 Å². The highest BCUT2D eigenvalue weighted by atomic mass is 32.2. The molecule has 3 rings (SSSR count). The Hall–Kier alpha value is -3.06. The highest BCUT2D eigenvalue weighted by Crippen LogP contribution is 2.25. The van der Waals surface area contributed by atoms with Crippen LogP contribution < -0.4 is 14.4 Å². The van der Waals surface area contributed by atoms with Crippen molar-refractivity contribution in [2.45, 2.75) is 11.8 Å². The minimum absolute atomic E-state index is 0.160. The van der Waals surface area contributed by atoms with Crippen LogP contribution in [0.5, 0.6) is 5.75 Å². The molecule has 0 aliphatic rings. The maximum atomic E-state index is 12.6. The van der Waals surface area contributed by atoms with Crippen molar-refractivity contribution >= 4 is 27.2 Å². The quantitative estimate of drug-likeness (QED) is 0.697. The summed E-state index contributed by atoms with van der Waals surface area (Å²) < 4.78 is 32.9. The summed E-state index contributed by atoms with van der Waals surface area (Å²) in [7, 11) is -0.253. The standard InChI is InChI=1S/C20H21N3O3S/c1-15-13-18(10-11-19(15)26-3)27(24,25)22-20-12-9-17(14-21-20)23(2)16-7-5-4-6-8-16/h4-14H,1-3H3,(H,21,22). The average molecular weight is 383 g/mol. The molecule has 3 aromatic rings. The van der Waals surface area contributed by atoms with Crippen LogP contribution in [0.3, 0.4) is 0 Å². The number of methoxy groups -OCH3 is 1. The van der Waals surface area contributed by atoms with Gasteiger partial charge in [-0.15, -0.1) is 0 Å². The van der Waals surface area contributed by atoms with Gasteiger partial charge in [0.05, 0.1) is 23.9 Å². The Kier molecular flexibility index (Phi) is 5.32. The van der Waals surface area contributed by atoms with Gasteiger partial charge in [-0.2, -0.15) is 0 Å². The van der Waals surface area contributed by atoms with Crippen LogP contribution in [-0.2, 0) is 10.0 Å². The highest BCUT2D eigenvalue weighted by Gasteiger charge is 2.16. The number of anilines is 3. The van der Waals surface area contributed by atoms with E-state index in [1.165, 1.54) is 6.07 Å². The van der Waals surface area contributed by atoms with E-state index in [0.29, 0.717) is 5.75 Å². The van der Waals surface area contributed by atoms with Gasteiger partial charge in [0, 0.05) is 12.7 Å². The van der Waals surface area contributed by atoms with E-state index in [0.717, 1.165) is 16.9 Å². The van der Waals surface area contributed by atoms with Crippen LogP contribution in [0.15, 0.2) is 71.8 Å². The molecule has 0 amide bonds. The first-order chi connectivity index (χ1) is 12.9. The number of aromatic nitrogens is 1. The third-order valence-corrected chi connectivity index (χ3v) is 5.55. The van der Waals surface area contributed by atoms with Gasteiger partial charge in [0.2, 0.25) is 0 Å². The molecule has 1 aromatic heterocycles.